The molecular weight excluding hydrogens is 296 g/mol. The third-order valence-electron chi connectivity index (χ3n) is 2.65. The lowest BCUT2D eigenvalue weighted by atomic mass is 10.1. The average molecular weight is 306 g/mol. The Morgan fingerprint density at radius 3 is 2.81 bits per heavy atom. The van der Waals surface area contributed by atoms with Crippen LogP contribution in [0.4, 0.5) is 5.69 Å². The predicted octanol–water partition coefficient (Wildman–Crippen LogP) is 1.26. The van der Waals surface area contributed by atoms with E-state index >= 15 is 0 Å². The van der Waals surface area contributed by atoms with Crippen molar-refractivity contribution >= 4 is 39.7 Å². The van der Waals surface area contributed by atoms with Crippen LogP contribution in [0.3, 0.4) is 0 Å². The van der Waals surface area contributed by atoms with Gasteiger partial charge in [0.1, 0.15) is 5.58 Å². The van der Waals surface area contributed by atoms with E-state index < -0.39 is 10.5 Å². The van der Waals surface area contributed by atoms with Crippen molar-refractivity contribution < 1.29 is 9.34 Å². The first-order valence-corrected chi connectivity index (χ1v) is 6.11. The van der Waals surface area contributed by atoms with E-state index in [1.165, 1.54) is 24.3 Å². The molecule has 0 aliphatic heterocycles. The third kappa shape index (κ3) is 3.20. The van der Waals surface area contributed by atoms with Crippen LogP contribution >= 0.6 is 12.2 Å². The summed E-state index contributed by atoms with van der Waals surface area (Å²) in [5.41, 5.74) is 7.60. The molecule has 1 heterocycles. The number of hydrogen-bond acceptors (Lipinski definition) is 6. The fourth-order valence-electron chi connectivity index (χ4n) is 1.68. The minimum atomic E-state index is -0.609. The molecule has 8 nitrogen and oxygen atoms in total. The van der Waals surface area contributed by atoms with Gasteiger partial charge in [-0.05, 0) is 31.3 Å². The van der Waals surface area contributed by atoms with Crippen LogP contribution in [0.25, 0.3) is 11.0 Å². The van der Waals surface area contributed by atoms with Crippen LogP contribution in [0, 0.1) is 10.1 Å². The largest absolute Gasteiger partial charge is 0.422 e. The Morgan fingerprint density at radius 2 is 2.19 bits per heavy atom. The Kier molecular flexibility index (Phi) is 3.94. The summed E-state index contributed by atoms with van der Waals surface area (Å²) in [5.74, 6) is 0. The lowest BCUT2D eigenvalue weighted by Crippen LogP contribution is -2.26. The lowest BCUT2D eigenvalue weighted by molar-refractivity contribution is -0.384. The zero-order chi connectivity index (χ0) is 15.6. The number of nitrogens with one attached hydrogen (secondary N) is 1. The van der Waals surface area contributed by atoms with Crippen LogP contribution in [0.1, 0.15) is 12.5 Å². The summed E-state index contributed by atoms with van der Waals surface area (Å²) in [6.07, 6.45) is 0. The van der Waals surface area contributed by atoms with Gasteiger partial charge in [-0.25, -0.2) is 4.79 Å². The number of nitrogens with two attached hydrogens (primary N) is 1. The molecule has 0 saturated carbocycles. The summed E-state index contributed by atoms with van der Waals surface area (Å²) in [7, 11) is 0. The van der Waals surface area contributed by atoms with Gasteiger partial charge in [0.2, 0.25) is 0 Å². The molecule has 0 amide bonds. The van der Waals surface area contributed by atoms with E-state index in [2.05, 4.69) is 22.7 Å². The van der Waals surface area contributed by atoms with Crippen molar-refractivity contribution in [1.29, 1.82) is 0 Å². The van der Waals surface area contributed by atoms with Gasteiger partial charge in [0.05, 0.1) is 16.2 Å². The minimum Gasteiger partial charge on any atom is -0.422 e. The molecule has 0 spiro atoms. The number of rotatable bonds is 3. The molecule has 21 heavy (non-hydrogen) atoms. The number of fused-ring (bicyclic) bond motifs is 1. The quantitative estimate of drug-likeness (QED) is 0.287. The first-order chi connectivity index (χ1) is 9.88. The van der Waals surface area contributed by atoms with Crippen LogP contribution in [0.15, 0.2) is 38.6 Å². The molecule has 108 valence electrons. The topological polar surface area (TPSA) is 124 Å². The molecule has 0 saturated heterocycles. The zero-order valence-corrected chi connectivity index (χ0v) is 11.6. The van der Waals surface area contributed by atoms with Gasteiger partial charge in [0.25, 0.3) is 5.69 Å². The van der Waals surface area contributed by atoms with Gasteiger partial charge in [-0.15, -0.1) is 0 Å². The third-order valence-corrected chi connectivity index (χ3v) is 2.74. The number of nitrogens with zero attached hydrogens (tertiary/aromatic N) is 2. The van der Waals surface area contributed by atoms with Gasteiger partial charge in [-0.1, -0.05) is 0 Å². The highest BCUT2D eigenvalue weighted by molar-refractivity contribution is 7.80. The second kappa shape index (κ2) is 5.67. The van der Waals surface area contributed by atoms with Crippen LogP contribution in [0.5, 0.6) is 0 Å². The van der Waals surface area contributed by atoms with Crippen molar-refractivity contribution in [2.24, 2.45) is 10.8 Å². The summed E-state index contributed by atoms with van der Waals surface area (Å²) in [4.78, 5) is 22.1. The van der Waals surface area contributed by atoms with E-state index in [4.69, 9.17) is 10.2 Å². The SMILES string of the molecule is C/C(=N\NC(N)=S)c1cc2cc([N+](=O)[O-])ccc2oc1=O. The van der Waals surface area contributed by atoms with E-state index in [-0.39, 0.29) is 21.9 Å². The maximum absolute atomic E-state index is 11.9. The van der Waals surface area contributed by atoms with Crippen molar-refractivity contribution in [1.82, 2.24) is 5.43 Å². The predicted molar refractivity (Wildman–Crippen MR) is 81.3 cm³/mol. The highest BCUT2D eigenvalue weighted by atomic mass is 32.1. The van der Waals surface area contributed by atoms with Crippen molar-refractivity contribution in [2.75, 3.05) is 0 Å². The molecule has 2 aromatic rings. The van der Waals surface area contributed by atoms with E-state index in [1.54, 1.807) is 6.92 Å². The van der Waals surface area contributed by atoms with Gasteiger partial charge in [-0.2, -0.15) is 5.10 Å². The zero-order valence-electron chi connectivity index (χ0n) is 10.8. The second-order valence-corrected chi connectivity index (χ2v) is 4.54. The monoisotopic (exact) mass is 306 g/mol. The van der Waals surface area contributed by atoms with Crippen LogP contribution in [-0.4, -0.2) is 15.7 Å². The van der Waals surface area contributed by atoms with Gasteiger partial charge in [-0.3, -0.25) is 15.5 Å². The smallest absolute Gasteiger partial charge is 0.345 e. The highest BCUT2D eigenvalue weighted by Gasteiger charge is 2.12. The fraction of sp³-hybridized carbons (Fsp3) is 0.0833. The normalized spacial score (nSPS) is 11.4. The molecule has 0 fully saturated rings. The molecule has 1 aromatic carbocycles. The number of nitro benzene ring substituents is 1. The standard InChI is InChI=1S/C12H10N4O4S/c1-6(14-15-12(13)21)9-5-7-4-8(16(18)19)2-3-10(7)20-11(9)17/h2-5H,1H3,(H3,13,15,21)/b14-6+. The first-order valence-electron chi connectivity index (χ1n) is 5.71. The molecule has 0 radical (unpaired) electrons. The van der Waals surface area contributed by atoms with E-state index in [0.29, 0.717) is 11.1 Å². The number of hydrogen-bond donors (Lipinski definition) is 2. The first kappa shape index (κ1) is 14.6. The number of hydrazone groups is 1. The van der Waals surface area contributed by atoms with Crippen molar-refractivity contribution in [2.45, 2.75) is 6.92 Å². The summed E-state index contributed by atoms with van der Waals surface area (Å²) >= 11 is 4.60. The number of thiocarbonyl (C=S) groups is 1. The molecule has 0 unspecified atom stereocenters. The van der Waals surface area contributed by atoms with Gasteiger partial charge < -0.3 is 10.2 Å². The van der Waals surface area contributed by atoms with Crippen LogP contribution in [-0.2, 0) is 0 Å². The number of benzene rings is 1. The highest BCUT2D eigenvalue weighted by Crippen LogP contribution is 2.20. The maximum Gasteiger partial charge on any atom is 0.345 e. The van der Waals surface area contributed by atoms with Crippen molar-refractivity contribution in [3.8, 4) is 0 Å². The van der Waals surface area contributed by atoms with Gasteiger partial charge in [0.15, 0.2) is 5.11 Å². The molecule has 0 aliphatic rings. The molecule has 1 aromatic heterocycles. The van der Waals surface area contributed by atoms with E-state index in [1.807, 2.05) is 0 Å². The molecule has 0 bridgehead atoms. The van der Waals surface area contributed by atoms with E-state index in [9.17, 15) is 14.9 Å². The summed E-state index contributed by atoms with van der Waals surface area (Å²) < 4.78 is 5.10. The molecule has 3 N–H and O–H groups in total. The Bertz CT molecular complexity index is 828. The summed E-state index contributed by atoms with van der Waals surface area (Å²) in [6, 6.07) is 5.42. The lowest BCUT2D eigenvalue weighted by Gasteiger charge is -2.02. The van der Waals surface area contributed by atoms with Gasteiger partial charge in [0, 0.05) is 17.5 Å². The molecule has 0 atom stereocenters. The fourth-order valence-corrected chi connectivity index (χ4v) is 1.72. The summed E-state index contributed by atoms with van der Waals surface area (Å²) in [5, 5.41) is 15.0. The minimum absolute atomic E-state index is 0.0461. The number of non-ortho nitro benzene ring substituents is 1. The average Bonchev–Trinajstić information content (AvgIpc) is 2.43. The van der Waals surface area contributed by atoms with Crippen LogP contribution in [0.2, 0.25) is 0 Å². The van der Waals surface area contributed by atoms with E-state index in [0.717, 1.165) is 0 Å². The Labute approximate surface area is 123 Å². The van der Waals surface area contributed by atoms with Crippen LogP contribution < -0.4 is 16.8 Å². The Balaban J connectivity index is 2.57. The van der Waals surface area contributed by atoms with Crippen molar-refractivity contribution in [3.63, 3.8) is 0 Å². The maximum atomic E-state index is 11.9. The number of nitro groups is 1. The molecule has 2 rings (SSSR count). The summed E-state index contributed by atoms with van der Waals surface area (Å²) in [6.45, 7) is 1.56. The molecule has 0 aliphatic carbocycles. The Hall–Kier alpha value is -2.81. The van der Waals surface area contributed by atoms with Gasteiger partial charge >= 0.3 is 5.63 Å². The second-order valence-electron chi connectivity index (χ2n) is 4.10. The Morgan fingerprint density at radius 1 is 1.48 bits per heavy atom. The molecule has 9 heteroatoms. The van der Waals surface area contributed by atoms with Crippen molar-refractivity contribution in [3.05, 3.63) is 50.4 Å². The molecular formula is C12H10N4O4S.